The van der Waals surface area contributed by atoms with Crippen LogP contribution < -0.4 is 10.5 Å². The number of alkyl halides is 3. The van der Waals surface area contributed by atoms with E-state index in [0.29, 0.717) is 5.56 Å². The van der Waals surface area contributed by atoms with Gasteiger partial charge in [-0.2, -0.15) is 13.2 Å². The van der Waals surface area contributed by atoms with Gasteiger partial charge >= 0.3 is 6.18 Å². The van der Waals surface area contributed by atoms with E-state index in [0.717, 1.165) is 6.07 Å². The Bertz CT molecular complexity index is 402. The molecule has 1 aromatic carbocycles. The van der Waals surface area contributed by atoms with Gasteiger partial charge in [0.2, 0.25) is 0 Å². The second-order valence-corrected chi connectivity index (χ2v) is 3.23. The summed E-state index contributed by atoms with van der Waals surface area (Å²) in [6, 6.07) is 3.62. The summed E-state index contributed by atoms with van der Waals surface area (Å²) in [6.07, 6.45) is -4.48. The third-order valence-corrected chi connectivity index (χ3v) is 1.96. The van der Waals surface area contributed by atoms with Crippen LogP contribution in [-0.4, -0.2) is 12.9 Å². The highest BCUT2D eigenvalue weighted by Gasteiger charge is 2.34. The molecule has 0 radical (unpaired) electrons. The van der Waals surface area contributed by atoms with E-state index in [1.54, 1.807) is 0 Å². The van der Waals surface area contributed by atoms with Crippen LogP contribution in [0.1, 0.15) is 11.1 Å². The molecule has 0 atom stereocenters. The van der Waals surface area contributed by atoms with Crippen molar-refractivity contribution in [1.82, 2.24) is 0 Å². The minimum atomic E-state index is -4.47. The van der Waals surface area contributed by atoms with Crippen molar-refractivity contribution in [3.8, 4) is 5.75 Å². The van der Waals surface area contributed by atoms with Crippen molar-refractivity contribution in [2.24, 2.45) is 5.73 Å². The minimum Gasteiger partial charge on any atom is -0.496 e. The Morgan fingerprint density at radius 3 is 2.50 bits per heavy atom. The Kier molecular flexibility index (Phi) is 3.41. The van der Waals surface area contributed by atoms with Crippen LogP contribution in [0, 0.1) is 5.41 Å². The summed E-state index contributed by atoms with van der Waals surface area (Å²) in [4.78, 5) is 0. The van der Waals surface area contributed by atoms with E-state index >= 15 is 0 Å². The molecule has 0 saturated carbocycles. The predicted octanol–water partition coefficient (Wildman–Crippen LogP) is 2.19. The Hall–Kier alpha value is -1.72. The molecule has 0 spiro atoms. The smallest absolute Gasteiger partial charge is 0.419 e. The number of nitrogens with one attached hydrogen (secondary N) is 1. The van der Waals surface area contributed by atoms with Crippen molar-refractivity contribution in [2.45, 2.75) is 12.6 Å². The molecule has 3 N–H and O–H groups in total. The standard InChI is InChI=1S/C10H11F3N2O/c1-16-8-3-2-6(5-9(14)15)4-7(8)10(11,12)13/h2-4H,5H2,1H3,(H3,14,15). The van der Waals surface area contributed by atoms with Crippen LogP contribution in [0.2, 0.25) is 0 Å². The first-order chi connectivity index (χ1) is 7.34. The maximum atomic E-state index is 12.6. The van der Waals surface area contributed by atoms with E-state index in [1.807, 2.05) is 0 Å². The molecule has 0 aliphatic heterocycles. The lowest BCUT2D eigenvalue weighted by atomic mass is 10.1. The molecule has 0 heterocycles. The first-order valence-corrected chi connectivity index (χ1v) is 4.41. The zero-order valence-electron chi connectivity index (χ0n) is 8.56. The first-order valence-electron chi connectivity index (χ1n) is 4.41. The molecule has 0 aromatic heterocycles. The molecule has 3 nitrogen and oxygen atoms in total. The molecular formula is C10H11F3N2O. The molecule has 6 heteroatoms. The fourth-order valence-electron chi connectivity index (χ4n) is 1.31. The second-order valence-electron chi connectivity index (χ2n) is 3.23. The molecule has 0 saturated heterocycles. The maximum Gasteiger partial charge on any atom is 0.419 e. The van der Waals surface area contributed by atoms with Crippen molar-refractivity contribution in [1.29, 1.82) is 5.41 Å². The number of benzene rings is 1. The molecule has 0 aliphatic carbocycles. The lowest BCUT2D eigenvalue weighted by molar-refractivity contribution is -0.138. The summed E-state index contributed by atoms with van der Waals surface area (Å²) >= 11 is 0. The van der Waals surface area contributed by atoms with E-state index in [1.165, 1.54) is 19.2 Å². The molecule has 1 rings (SSSR count). The number of hydrogen-bond acceptors (Lipinski definition) is 2. The number of nitrogens with two attached hydrogens (primary N) is 1. The minimum absolute atomic E-state index is 0.00687. The van der Waals surface area contributed by atoms with Gasteiger partial charge in [-0.05, 0) is 17.7 Å². The van der Waals surface area contributed by atoms with Gasteiger partial charge in [0, 0.05) is 6.42 Å². The number of methoxy groups -OCH3 is 1. The highest BCUT2D eigenvalue weighted by Crippen LogP contribution is 2.36. The fraction of sp³-hybridized carbons (Fsp3) is 0.300. The first kappa shape index (κ1) is 12.4. The molecular weight excluding hydrogens is 221 g/mol. The third kappa shape index (κ3) is 2.88. The van der Waals surface area contributed by atoms with Gasteiger partial charge in [0.15, 0.2) is 0 Å². The summed E-state index contributed by atoms with van der Waals surface area (Å²) in [5, 5.41) is 7.02. The summed E-state index contributed by atoms with van der Waals surface area (Å²) in [5.41, 5.74) is 4.61. The van der Waals surface area contributed by atoms with Crippen LogP contribution >= 0.6 is 0 Å². The van der Waals surface area contributed by atoms with Gasteiger partial charge in [-0.3, -0.25) is 5.41 Å². The Balaban J connectivity index is 3.16. The molecule has 0 unspecified atom stereocenters. The third-order valence-electron chi connectivity index (χ3n) is 1.96. The van der Waals surface area contributed by atoms with Gasteiger partial charge in [-0.25, -0.2) is 0 Å². The van der Waals surface area contributed by atoms with Gasteiger partial charge in [0.05, 0.1) is 18.5 Å². The lowest BCUT2D eigenvalue weighted by Crippen LogP contribution is -2.14. The monoisotopic (exact) mass is 232 g/mol. The van der Waals surface area contributed by atoms with Gasteiger partial charge in [-0.1, -0.05) is 6.07 Å². The Labute approximate surface area is 90.5 Å². The van der Waals surface area contributed by atoms with Gasteiger partial charge in [0.1, 0.15) is 5.75 Å². The van der Waals surface area contributed by atoms with E-state index in [9.17, 15) is 13.2 Å². The molecule has 1 aromatic rings. The summed E-state index contributed by atoms with van der Waals surface area (Å²) in [6.45, 7) is 0. The van der Waals surface area contributed by atoms with Gasteiger partial charge in [0.25, 0.3) is 0 Å². The van der Waals surface area contributed by atoms with Crippen molar-refractivity contribution in [2.75, 3.05) is 7.11 Å². The SMILES string of the molecule is COc1ccc(CC(=N)N)cc1C(F)(F)F. The van der Waals surface area contributed by atoms with E-state index < -0.39 is 11.7 Å². The average molecular weight is 232 g/mol. The average Bonchev–Trinajstić information content (AvgIpc) is 2.15. The summed E-state index contributed by atoms with van der Waals surface area (Å²) in [5.74, 6) is -0.418. The van der Waals surface area contributed by atoms with Gasteiger partial charge in [-0.15, -0.1) is 0 Å². The lowest BCUT2D eigenvalue weighted by Gasteiger charge is -2.13. The number of ether oxygens (including phenoxy) is 1. The molecule has 0 bridgehead atoms. The number of hydrogen-bond donors (Lipinski definition) is 2. The van der Waals surface area contributed by atoms with Crippen LogP contribution in [0.3, 0.4) is 0 Å². The molecule has 88 valence electrons. The highest BCUT2D eigenvalue weighted by molar-refractivity contribution is 5.79. The number of halogens is 3. The predicted molar refractivity (Wildman–Crippen MR) is 53.6 cm³/mol. The van der Waals surface area contributed by atoms with Crippen LogP contribution in [0.5, 0.6) is 5.75 Å². The molecule has 16 heavy (non-hydrogen) atoms. The Morgan fingerprint density at radius 2 is 2.06 bits per heavy atom. The van der Waals surface area contributed by atoms with Crippen LogP contribution in [0.15, 0.2) is 18.2 Å². The largest absolute Gasteiger partial charge is 0.496 e. The fourth-order valence-corrected chi connectivity index (χ4v) is 1.31. The number of amidine groups is 1. The highest BCUT2D eigenvalue weighted by atomic mass is 19.4. The van der Waals surface area contributed by atoms with Crippen molar-refractivity contribution >= 4 is 5.84 Å². The zero-order chi connectivity index (χ0) is 12.3. The van der Waals surface area contributed by atoms with E-state index in [-0.39, 0.29) is 18.0 Å². The van der Waals surface area contributed by atoms with Crippen LogP contribution in [0.25, 0.3) is 0 Å². The summed E-state index contributed by atoms with van der Waals surface area (Å²) in [7, 11) is 1.18. The topological polar surface area (TPSA) is 59.1 Å². The zero-order valence-corrected chi connectivity index (χ0v) is 8.56. The second kappa shape index (κ2) is 4.42. The van der Waals surface area contributed by atoms with Crippen molar-refractivity contribution < 1.29 is 17.9 Å². The van der Waals surface area contributed by atoms with Crippen LogP contribution in [0.4, 0.5) is 13.2 Å². The van der Waals surface area contributed by atoms with Crippen molar-refractivity contribution in [3.05, 3.63) is 29.3 Å². The summed E-state index contributed by atoms with van der Waals surface area (Å²) < 4.78 is 42.4. The quantitative estimate of drug-likeness (QED) is 0.620. The Morgan fingerprint density at radius 1 is 1.44 bits per heavy atom. The van der Waals surface area contributed by atoms with E-state index in [4.69, 9.17) is 11.1 Å². The molecule has 0 amide bonds. The van der Waals surface area contributed by atoms with Crippen molar-refractivity contribution in [3.63, 3.8) is 0 Å². The number of rotatable bonds is 3. The van der Waals surface area contributed by atoms with Crippen LogP contribution in [-0.2, 0) is 12.6 Å². The molecule has 0 aliphatic rings. The maximum absolute atomic E-state index is 12.6. The normalized spacial score (nSPS) is 11.2. The molecule has 0 fully saturated rings. The van der Waals surface area contributed by atoms with Gasteiger partial charge < -0.3 is 10.5 Å². The van der Waals surface area contributed by atoms with E-state index in [2.05, 4.69) is 4.74 Å².